The van der Waals surface area contributed by atoms with Crippen LogP contribution < -0.4 is 10.6 Å². The van der Waals surface area contributed by atoms with Gasteiger partial charge in [0.05, 0.1) is 23.6 Å². The largest absolute Gasteiger partial charge is 0.462 e. The molecule has 0 aromatic heterocycles. The summed E-state index contributed by atoms with van der Waals surface area (Å²) in [5, 5.41) is 19.4. The van der Waals surface area contributed by atoms with E-state index < -0.39 is 17.6 Å². The number of carbonyl (C=O) groups is 3. The van der Waals surface area contributed by atoms with Gasteiger partial charge in [0, 0.05) is 31.0 Å². The minimum Gasteiger partial charge on any atom is -0.462 e. The molecular weight excluding hydrogens is 771 g/mol. The second-order valence-electron chi connectivity index (χ2n) is 24.7. The van der Waals surface area contributed by atoms with Gasteiger partial charge in [-0.3, -0.25) is 19.3 Å². The number of esters is 1. The Bertz CT molecular complexity index is 1750. The highest BCUT2D eigenvalue weighted by atomic mass is 16.5. The maximum Gasteiger partial charge on any atom is 0.302 e. The zero-order valence-electron chi connectivity index (χ0n) is 40.6. The Kier molecular flexibility index (Phi) is 12.9. The van der Waals surface area contributed by atoms with Gasteiger partial charge in [-0.2, -0.15) is 0 Å². The summed E-state index contributed by atoms with van der Waals surface area (Å²) in [5.74, 6) is 3.25. The van der Waals surface area contributed by atoms with Gasteiger partial charge in [0.25, 0.3) is 0 Å². The van der Waals surface area contributed by atoms with E-state index >= 15 is 4.79 Å². The fourth-order valence-corrected chi connectivity index (χ4v) is 17.3. The molecular formula is C54H87N3O5. The second kappa shape index (κ2) is 17.2. The molecule has 1 saturated heterocycles. The zero-order chi connectivity index (χ0) is 44.5. The number of aliphatic hydroxyl groups is 1. The van der Waals surface area contributed by atoms with Gasteiger partial charge in [0.15, 0.2) is 0 Å². The summed E-state index contributed by atoms with van der Waals surface area (Å²) in [4.78, 5) is 43.9. The van der Waals surface area contributed by atoms with Crippen LogP contribution >= 0.6 is 0 Å². The highest BCUT2D eigenvalue weighted by Crippen LogP contribution is 2.77. The van der Waals surface area contributed by atoms with Crippen LogP contribution in [0.25, 0.3) is 0 Å². The van der Waals surface area contributed by atoms with Crippen LogP contribution in [-0.4, -0.2) is 70.7 Å². The third kappa shape index (κ3) is 7.99. The van der Waals surface area contributed by atoms with Crippen LogP contribution in [0.2, 0.25) is 0 Å². The average molecular weight is 858 g/mol. The van der Waals surface area contributed by atoms with Crippen molar-refractivity contribution in [3.63, 3.8) is 0 Å². The monoisotopic (exact) mass is 858 g/mol. The van der Waals surface area contributed by atoms with E-state index in [9.17, 15) is 14.7 Å². The molecule has 3 N–H and O–H groups in total. The Balaban J connectivity index is 1.03. The number of fused-ring (bicyclic) bond motifs is 8. The molecule has 8 rings (SSSR count). The number of nitrogens with one attached hydrogen (secondary N) is 2. The number of hydrogen-bond donors (Lipinski definition) is 3. The van der Waals surface area contributed by atoms with E-state index in [0.29, 0.717) is 48.5 Å². The first kappa shape index (κ1) is 46.3. The van der Waals surface area contributed by atoms with E-state index in [1.54, 1.807) is 6.92 Å². The summed E-state index contributed by atoms with van der Waals surface area (Å²) in [7, 11) is 0. The fourth-order valence-electron chi connectivity index (χ4n) is 17.3. The summed E-state index contributed by atoms with van der Waals surface area (Å²) in [6.45, 7) is 21.6. The maximum atomic E-state index is 15.4. The number of β-amino-alcohol motifs (C(OH)–C–C–N with tert-alkyl or cyclic N) is 1. The molecule has 0 aromatic carbocycles. The Morgan fingerprint density at radius 3 is 2.31 bits per heavy atom. The van der Waals surface area contributed by atoms with E-state index in [2.05, 4.69) is 89.2 Å². The number of likely N-dealkylation sites (tertiary alicyclic amines) is 1. The lowest BCUT2D eigenvalue weighted by Gasteiger charge is -2.72. The number of ether oxygens (including phenoxy) is 1. The summed E-state index contributed by atoms with van der Waals surface area (Å²) in [6, 6.07) is -0.690. The second-order valence-corrected chi connectivity index (χ2v) is 24.7. The van der Waals surface area contributed by atoms with Gasteiger partial charge in [-0.05, 0) is 175 Å². The van der Waals surface area contributed by atoms with E-state index in [1.807, 2.05) is 0 Å². The van der Waals surface area contributed by atoms with E-state index in [1.165, 1.54) is 56.9 Å². The van der Waals surface area contributed by atoms with Crippen LogP contribution in [0.15, 0.2) is 23.8 Å². The van der Waals surface area contributed by atoms with Gasteiger partial charge in [-0.25, -0.2) is 0 Å². The molecule has 0 aromatic rings. The van der Waals surface area contributed by atoms with Crippen LogP contribution in [0, 0.1) is 62.6 Å². The summed E-state index contributed by atoms with van der Waals surface area (Å²) < 4.78 is 6.09. The van der Waals surface area contributed by atoms with Gasteiger partial charge in [0.2, 0.25) is 11.8 Å². The average Bonchev–Trinajstić information content (AvgIpc) is 3.67. The molecule has 7 aliphatic carbocycles. The van der Waals surface area contributed by atoms with Crippen molar-refractivity contribution in [2.45, 2.75) is 221 Å². The number of hydrogen-bond acceptors (Lipinski definition) is 6. The first-order valence-corrected chi connectivity index (χ1v) is 25.9. The quantitative estimate of drug-likeness (QED) is 0.189. The highest BCUT2D eigenvalue weighted by molar-refractivity contribution is 5.84. The molecule has 2 amide bonds. The number of aliphatic hydroxyl groups excluding tert-OH is 1. The van der Waals surface area contributed by atoms with E-state index in [4.69, 9.17) is 4.74 Å². The van der Waals surface area contributed by atoms with Crippen molar-refractivity contribution >= 4 is 17.8 Å². The summed E-state index contributed by atoms with van der Waals surface area (Å²) in [6.07, 6.45) is 27.4. The van der Waals surface area contributed by atoms with Crippen LogP contribution in [0.5, 0.6) is 0 Å². The minimum absolute atomic E-state index is 0.00192. The third-order valence-corrected chi connectivity index (χ3v) is 20.7. The third-order valence-electron chi connectivity index (χ3n) is 20.7. The van der Waals surface area contributed by atoms with E-state index in [0.717, 1.165) is 77.2 Å². The van der Waals surface area contributed by atoms with Crippen molar-refractivity contribution in [1.82, 2.24) is 15.5 Å². The zero-order valence-corrected chi connectivity index (χ0v) is 40.6. The standard InChI is InChI=1S/C54H87N3O5/c1-10-50(6)44-24-28-53(9)45(51(44,7)27-25-46(50)62-35(2)58)23-22-39-40-21-16-26-54(40,30-29-52(39,53)8)48(61)55-41(31-36-17-12-11-13-18-36)43(59)34-57-33-38-20-15-14-19-37(38)32-42(57)47(60)56-49(3,4)5/h12,17-18,37-46,59H,10-11,13-16,19-34H2,1-9H3,(H,55,61)(H,56,60)/t37-,38+,39?,40?,41-,42-,43+,44?,45?,46-,50?,51-,52+,53?,54-/m0/s1. The van der Waals surface area contributed by atoms with Gasteiger partial charge in [-0.15, -0.1) is 0 Å². The molecule has 6 saturated carbocycles. The lowest BCUT2D eigenvalue weighted by Crippen LogP contribution is -2.67. The van der Waals surface area contributed by atoms with Crippen LogP contribution in [0.3, 0.4) is 0 Å². The summed E-state index contributed by atoms with van der Waals surface area (Å²) >= 11 is 0. The Morgan fingerprint density at radius 1 is 0.855 bits per heavy atom. The maximum absolute atomic E-state index is 15.4. The van der Waals surface area contributed by atoms with Crippen molar-refractivity contribution in [2.75, 3.05) is 13.1 Å². The van der Waals surface area contributed by atoms with Crippen molar-refractivity contribution in [1.29, 1.82) is 0 Å². The number of amides is 2. The topological polar surface area (TPSA) is 108 Å². The Morgan fingerprint density at radius 2 is 1.61 bits per heavy atom. The lowest BCUT2D eigenvalue weighted by molar-refractivity contribution is -0.250. The lowest BCUT2D eigenvalue weighted by atomic mass is 9.32. The molecule has 0 spiro atoms. The molecule has 8 heteroatoms. The predicted molar refractivity (Wildman–Crippen MR) is 248 cm³/mol. The summed E-state index contributed by atoms with van der Waals surface area (Å²) in [5.41, 5.74) is 1.000. The molecule has 1 heterocycles. The molecule has 0 bridgehead atoms. The van der Waals surface area contributed by atoms with Gasteiger partial charge < -0.3 is 20.5 Å². The molecule has 8 aliphatic rings. The first-order chi connectivity index (χ1) is 29.3. The van der Waals surface area contributed by atoms with Gasteiger partial charge in [-0.1, -0.05) is 84.1 Å². The Labute approximate surface area is 376 Å². The van der Waals surface area contributed by atoms with Crippen LogP contribution in [0.1, 0.15) is 191 Å². The first-order valence-electron chi connectivity index (χ1n) is 25.9. The van der Waals surface area contributed by atoms with Crippen molar-refractivity contribution in [3.05, 3.63) is 23.8 Å². The number of allylic oxidation sites excluding steroid dienone is 3. The number of piperidine rings is 1. The molecule has 1 aliphatic heterocycles. The highest BCUT2D eigenvalue weighted by Gasteiger charge is 2.71. The molecule has 8 nitrogen and oxygen atoms in total. The molecule has 7 fully saturated rings. The van der Waals surface area contributed by atoms with Gasteiger partial charge >= 0.3 is 5.97 Å². The normalized spacial score (nSPS) is 43.9. The van der Waals surface area contributed by atoms with Gasteiger partial charge in [0.1, 0.15) is 6.10 Å². The minimum atomic E-state index is -0.791. The van der Waals surface area contributed by atoms with Crippen molar-refractivity contribution < 1.29 is 24.2 Å². The fraction of sp³-hybridized carbons (Fsp3) is 0.870. The number of carbonyl (C=O) groups excluding carboxylic acids is 3. The number of nitrogens with zero attached hydrogens (tertiary/aromatic N) is 1. The van der Waals surface area contributed by atoms with Crippen molar-refractivity contribution in [3.8, 4) is 0 Å². The smallest absolute Gasteiger partial charge is 0.302 e. The van der Waals surface area contributed by atoms with Crippen LogP contribution in [-0.2, 0) is 19.1 Å². The SMILES string of the molecule is CCC1(C)C2CCC3(C)C(CCC4C5CCC[C@]5(C(=O)N[C@@H](CC5=CCCC=C5)[C@H](O)CN5C[C@H]6CCCC[C@H]6C[C@H]5C(=O)NC(C)(C)C)CC[C@]43C)[C@@]2(C)CC[C@@H]1OC(C)=O. The molecule has 62 heavy (non-hydrogen) atoms. The molecule has 0 radical (unpaired) electrons. The molecule has 15 atom stereocenters. The molecule has 348 valence electrons. The number of rotatable bonds is 10. The van der Waals surface area contributed by atoms with Crippen molar-refractivity contribution in [2.24, 2.45) is 62.6 Å². The van der Waals surface area contributed by atoms with E-state index in [-0.39, 0.29) is 57.1 Å². The molecule has 6 unspecified atom stereocenters. The Hall–Kier alpha value is -2.19. The van der Waals surface area contributed by atoms with Crippen LogP contribution in [0.4, 0.5) is 0 Å². The predicted octanol–water partition coefficient (Wildman–Crippen LogP) is 10.5.